The van der Waals surface area contributed by atoms with Crippen molar-refractivity contribution in [1.29, 1.82) is 0 Å². The summed E-state index contributed by atoms with van der Waals surface area (Å²) < 4.78 is 32.7. The van der Waals surface area contributed by atoms with Crippen LogP contribution in [0.2, 0.25) is 0 Å². The van der Waals surface area contributed by atoms with Crippen LogP contribution in [0.3, 0.4) is 0 Å². The lowest BCUT2D eigenvalue weighted by Gasteiger charge is -2.20. The average molecular weight is 853 g/mol. The van der Waals surface area contributed by atoms with Crippen LogP contribution in [0, 0.1) is 0 Å². The molecule has 0 aliphatic rings. The van der Waals surface area contributed by atoms with Crippen LogP contribution in [0.1, 0.15) is 194 Å². The molecule has 0 saturated carbocycles. The number of hydrogen-bond acceptors (Lipinski definition) is 9. The molecular formula is C48H85O10P. The van der Waals surface area contributed by atoms with Gasteiger partial charge in [0.25, 0.3) is 0 Å². The summed E-state index contributed by atoms with van der Waals surface area (Å²) in [5, 5.41) is 18.3. The molecule has 0 aromatic rings. The van der Waals surface area contributed by atoms with Crippen molar-refractivity contribution in [2.75, 3.05) is 26.4 Å². The van der Waals surface area contributed by atoms with Crippen molar-refractivity contribution < 1.29 is 47.8 Å². The van der Waals surface area contributed by atoms with Crippen LogP contribution >= 0.6 is 7.82 Å². The molecule has 0 rings (SSSR count). The second-order valence-electron chi connectivity index (χ2n) is 15.4. The quantitative estimate of drug-likeness (QED) is 0.0234. The maximum atomic E-state index is 12.6. The molecule has 3 unspecified atom stereocenters. The molecule has 0 saturated heterocycles. The molecule has 11 heteroatoms. The summed E-state index contributed by atoms with van der Waals surface area (Å²) in [6.45, 7) is 2.22. The van der Waals surface area contributed by atoms with Gasteiger partial charge in [0.2, 0.25) is 0 Å². The van der Waals surface area contributed by atoms with E-state index in [1.807, 2.05) is 0 Å². The minimum atomic E-state index is -4.63. The normalized spacial score (nSPS) is 14.3. The number of carbonyl (C=O) groups excluding carboxylic acids is 2. The van der Waals surface area contributed by atoms with E-state index in [4.69, 9.17) is 19.1 Å². The van der Waals surface area contributed by atoms with E-state index in [0.717, 1.165) is 64.2 Å². The Labute approximate surface area is 359 Å². The molecule has 0 amide bonds. The molecule has 0 aliphatic carbocycles. The third-order valence-corrected chi connectivity index (χ3v) is 10.6. The first-order valence-electron chi connectivity index (χ1n) is 23.2. The summed E-state index contributed by atoms with van der Waals surface area (Å²) in [6.07, 6.45) is 49.1. The van der Waals surface area contributed by atoms with Crippen molar-refractivity contribution in [2.45, 2.75) is 206 Å². The van der Waals surface area contributed by atoms with Gasteiger partial charge in [0.1, 0.15) is 12.7 Å². The first-order valence-corrected chi connectivity index (χ1v) is 24.7. The molecule has 10 nitrogen and oxygen atoms in total. The van der Waals surface area contributed by atoms with Gasteiger partial charge in [0.15, 0.2) is 6.10 Å². The maximum absolute atomic E-state index is 12.6. The van der Waals surface area contributed by atoms with Gasteiger partial charge in [-0.15, -0.1) is 0 Å². The number of hydrogen-bond donors (Lipinski definition) is 3. The molecule has 0 aromatic heterocycles. The van der Waals surface area contributed by atoms with Gasteiger partial charge in [-0.3, -0.25) is 18.6 Å². The molecule has 0 bridgehead atoms. The van der Waals surface area contributed by atoms with E-state index in [-0.39, 0.29) is 19.4 Å². The Kier molecular flexibility index (Phi) is 42.0. The van der Waals surface area contributed by atoms with Gasteiger partial charge in [-0.2, -0.15) is 0 Å². The fourth-order valence-corrected chi connectivity index (χ4v) is 6.89. The minimum Gasteiger partial charge on any atom is -0.462 e. The maximum Gasteiger partial charge on any atom is 0.472 e. The second kappa shape index (κ2) is 43.7. The molecule has 0 heterocycles. The van der Waals surface area contributed by atoms with Crippen LogP contribution in [0.15, 0.2) is 60.8 Å². The SMILES string of the molecule is CC/C=C\C/C=C\C/C=C\CCCCCC(=O)OC(COC(=O)CCCCCCCCCCCCC/C=C\C/C=C\CCCCCCC)COP(=O)(O)OCC(O)CO. The number of carbonyl (C=O) groups is 2. The summed E-state index contributed by atoms with van der Waals surface area (Å²) in [5.41, 5.74) is 0. The molecular weight excluding hydrogens is 767 g/mol. The van der Waals surface area contributed by atoms with Crippen molar-refractivity contribution >= 4 is 19.8 Å². The lowest BCUT2D eigenvalue weighted by molar-refractivity contribution is -0.161. The predicted octanol–water partition coefficient (Wildman–Crippen LogP) is 12.7. The van der Waals surface area contributed by atoms with Gasteiger partial charge >= 0.3 is 19.8 Å². The van der Waals surface area contributed by atoms with Gasteiger partial charge in [0.05, 0.1) is 19.8 Å². The monoisotopic (exact) mass is 853 g/mol. The number of phosphoric ester groups is 1. The van der Waals surface area contributed by atoms with Crippen molar-refractivity contribution in [1.82, 2.24) is 0 Å². The highest BCUT2D eigenvalue weighted by Gasteiger charge is 2.27. The van der Waals surface area contributed by atoms with Gasteiger partial charge < -0.3 is 24.6 Å². The summed E-state index contributed by atoms with van der Waals surface area (Å²) in [4.78, 5) is 35.0. The van der Waals surface area contributed by atoms with Gasteiger partial charge in [-0.25, -0.2) is 4.57 Å². The molecule has 0 spiro atoms. The van der Waals surface area contributed by atoms with Crippen LogP contribution in [-0.2, 0) is 32.7 Å². The number of aliphatic hydroxyl groups excluding tert-OH is 2. The Balaban J connectivity index is 4.20. The zero-order valence-corrected chi connectivity index (χ0v) is 38.1. The van der Waals surface area contributed by atoms with E-state index < -0.39 is 51.8 Å². The first kappa shape index (κ1) is 56.7. The molecule has 3 atom stereocenters. The van der Waals surface area contributed by atoms with E-state index in [2.05, 4.69) is 79.1 Å². The Bertz CT molecular complexity index is 1160. The van der Waals surface area contributed by atoms with Crippen LogP contribution in [0.5, 0.6) is 0 Å². The highest BCUT2D eigenvalue weighted by atomic mass is 31.2. The number of phosphoric acid groups is 1. The van der Waals surface area contributed by atoms with Crippen LogP contribution < -0.4 is 0 Å². The number of rotatable bonds is 43. The van der Waals surface area contributed by atoms with Gasteiger partial charge in [-0.05, 0) is 77.0 Å². The molecule has 0 radical (unpaired) electrons. The number of ether oxygens (including phenoxy) is 2. The Morgan fingerprint density at radius 3 is 1.42 bits per heavy atom. The fourth-order valence-electron chi connectivity index (χ4n) is 6.10. The molecule has 59 heavy (non-hydrogen) atoms. The third-order valence-electron chi connectivity index (χ3n) is 9.66. The van der Waals surface area contributed by atoms with E-state index in [9.17, 15) is 24.2 Å². The fraction of sp³-hybridized carbons (Fsp3) is 0.750. The van der Waals surface area contributed by atoms with Crippen LogP contribution in [0.25, 0.3) is 0 Å². The number of unbranched alkanes of at least 4 members (excludes halogenated alkanes) is 19. The first-order chi connectivity index (χ1) is 28.7. The van der Waals surface area contributed by atoms with Crippen molar-refractivity contribution in [3.8, 4) is 0 Å². The Morgan fingerprint density at radius 1 is 0.525 bits per heavy atom. The number of aliphatic hydroxyl groups is 2. The van der Waals surface area contributed by atoms with E-state index >= 15 is 0 Å². The smallest absolute Gasteiger partial charge is 0.462 e. The molecule has 3 N–H and O–H groups in total. The van der Waals surface area contributed by atoms with E-state index in [1.165, 1.54) is 89.9 Å². The second-order valence-corrected chi connectivity index (χ2v) is 16.8. The van der Waals surface area contributed by atoms with Crippen LogP contribution in [-0.4, -0.2) is 65.7 Å². The summed E-state index contributed by atoms with van der Waals surface area (Å²) in [7, 11) is -4.63. The number of esters is 2. The molecule has 0 fully saturated rings. The standard InChI is InChI=1S/C48H85O10P/c1-3-5-7-9-11-13-15-17-18-19-20-21-22-23-24-25-26-28-29-31-33-35-37-39-47(51)55-43-46(44-57-59(53,54)56-42-45(50)41-49)58-48(52)40-38-36-34-32-30-27-16-14-12-10-8-6-4-2/h6,8,12,14-15,17,19-20,27,30,45-46,49-50H,3-5,7,9-11,13,16,18,21-26,28-29,31-44H2,1-2H3,(H,53,54)/b8-6-,14-12-,17-15-,20-19-,30-27-. The number of allylic oxidation sites excluding steroid dienone is 10. The molecule has 0 aliphatic heterocycles. The minimum absolute atomic E-state index is 0.147. The Morgan fingerprint density at radius 2 is 0.932 bits per heavy atom. The molecule has 342 valence electrons. The van der Waals surface area contributed by atoms with Crippen molar-refractivity contribution in [2.24, 2.45) is 0 Å². The van der Waals surface area contributed by atoms with Crippen LogP contribution in [0.4, 0.5) is 0 Å². The topological polar surface area (TPSA) is 149 Å². The zero-order valence-electron chi connectivity index (χ0n) is 37.2. The third kappa shape index (κ3) is 43.6. The largest absolute Gasteiger partial charge is 0.472 e. The zero-order chi connectivity index (χ0) is 43.3. The summed E-state index contributed by atoms with van der Waals surface area (Å²) in [6, 6.07) is 0. The lowest BCUT2D eigenvalue weighted by Crippen LogP contribution is -2.29. The lowest BCUT2D eigenvalue weighted by atomic mass is 10.0. The van der Waals surface area contributed by atoms with Crippen molar-refractivity contribution in [3.05, 3.63) is 60.8 Å². The highest BCUT2D eigenvalue weighted by molar-refractivity contribution is 7.47. The van der Waals surface area contributed by atoms with E-state index in [1.54, 1.807) is 0 Å². The Hall–Kier alpha value is -2.33. The average Bonchev–Trinajstić information content (AvgIpc) is 3.22. The molecule has 0 aromatic carbocycles. The van der Waals surface area contributed by atoms with Gasteiger partial charge in [-0.1, -0.05) is 164 Å². The van der Waals surface area contributed by atoms with E-state index in [0.29, 0.717) is 12.8 Å². The highest BCUT2D eigenvalue weighted by Crippen LogP contribution is 2.43. The van der Waals surface area contributed by atoms with Gasteiger partial charge in [0, 0.05) is 12.8 Å². The summed E-state index contributed by atoms with van der Waals surface area (Å²) >= 11 is 0. The van der Waals surface area contributed by atoms with Crippen molar-refractivity contribution in [3.63, 3.8) is 0 Å². The predicted molar refractivity (Wildman–Crippen MR) is 242 cm³/mol. The summed E-state index contributed by atoms with van der Waals surface area (Å²) in [5.74, 6) is -0.963.